The van der Waals surface area contributed by atoms with Crippen molar-refractivity contribution in [2.75, 3.05) is 5.32 Å². The number of amides is 1. The highest BCUT2D eigenvalue weighted by Crippen LogP contribution is 2.20. The van der Waals surface area contributed by atoms with Gasteiger partial charge in [0.1, 0.15) is 23.1 Å². The number of carbonyl (C=O) groups is 1. The second-order valence-electron chi connectivity index (χ2n) is 3.65. The number of aromatic nitrogens is 1. The third-order valence-corrected chi connectivity index (χ3v) is 2.35. The van der Waals surface area contributed by atoms with Gasteiger partial charge in [0.25, 0.3) is 11.5 Å². The smallest absolute Gasteiger partial charge is 0.261 e. The van der Waals surface area contributed by atoms with Crippen LogP contribution in [0, 0.1) is 11.6 Å². The van der Waals surface area contributed by atoms with E-state index in [1.165, 1.54) is 0 Å². The first kappa shape index (κ1) is 12.7. The van der Waals surface area contributed by atoms with Crippen LogP contribution in [0.3, 0.4) is 0 Å². The summed E-state index contributed by atoms with van der Waals surface area (Å²) < 4.78 is 26.6. The first-order valence-electron chi connectivity index (χ1n) is 5.16. The minimum atomic E-state index is -0.947. The van der Waals surface area contributed by atoms with Crippen molar-refractivity contribution >= 4 is 11.6 Å². The summed E-state index contributed by atoms with van der Waals surface area (Å²) in [5.74, 6) is -3.43. The predicted molar refractivity (Wildman–Crippen MR) is 63.0 cm³/mol. The summed E-state index contributed by atoms with van der Waals surface area (Å²) in [6.07, 6.45) is 0.950. The average molecular weight is 266 g/mol. The van der Waals surface area contributed by atoms with Crippen molar-refractivity contribution in [1.82, 2.24) is 4.98 Å². The molecule has 0 aliphatic carbocycles. The van der Waals surface area contributed by atoms with Crippen molar-refractivity contribution in [3.8, 4) is 5.75 Å². The van der Waals surface area contributed by atoms with E-state index in [-0.39, 0.29) is 5.56 Å². The molecule has 0 radical (unpaired) electrons. The number of aromatic hydroxyl groups is 1. The third kappa shape index (κ3) is 2.59. The van der Waals surface area contributed by atoms with Gasteiger partial charge >= 0.3 is 0 Å². The second kappa shape index (κ2) is 4.89. The van der Waals surface area contributed by atoms with Crippen LogP contribution in [0.15, 0.2) is 35.3 Å². The van der Waals surface area contributed by atoms with Crippen LogP contribution in [0.1, 0.15) is 10.4 Å². The molecular formula is C12H8F2N2O3. The number of rotatable bonds is 2. The van der Waals surface area contributed by atoms with Crippen LogP contribution in [0.5, 0.6) is 5.75 Å². The number of anilines is 1. The second-order valence-corrected chi connectivity index (χ2v) is 3.65. The molecule has 1 heterocycles. The Labute approximate surface area is 105 Å². The molecular weight excluding hydrogens is 258 g/mol. The molecule has 98 valence electrons. The van der Waals surface area contributed by atoms with E-state index in [1.807, 2.05) is 5.32 Å². The molecule has 5 nitrogen and oxygen atoms in total. The number of hydrogen-bond acceptors (Lipinski definition) is 3. The third-order valence-electron chi connectivity index (χ3n) is 2.35. The number of nitrogens with one attached hydrogen (secondary N) is 2. The lowest BCUT2D eigenvalue weighted by Crippen LogP contribution is -2.16. The van der Waals surface area contributed by atoms with Crippen LogP contribution < -0.4 is 10.9 Å². The Morgan fingerprint density at radius 2 is 1.89 bits per heavy atom. The van der Waals surface area contributed by atoms with Crippen molar-refractivity contribution in [2.45, 2.75) is 0 Å². The Hall–Kier alpha value is -2.70. The molecule has 0 aliphatic rings. The topological polar surface area (TPSA) is 82.2 Å². The van der Waals surface area contributed by atoms with E-state index in [4.69, 9.17) is 0 Å². The normalized spacial score (nSPS) is 10.2. The SMILES string of the molecule is O=C(Nc1c(F)cccc1F)c1c[nH]c(=O)cc1O. The van der Waals surface area contributed by atoms with Crippen LogP contribution in [0.25, 0.3) is 0 Å². The number of halogens is 2. The molecule has 0 aliphatic heterocycles. The number of benzene rings is 1. The van der Waals surface area contributed by atoms with Gasteiger partial charge in [-0.2, -0.15) is 0 Å². The summed E-state index contributed by atoms with van der Waals surface area (Å²) in [6.45, 7) is 0. The first-order chi connectivity index (χ1) is 8.99. The van der Waals surface area contributed by atoms with Gasteiger partial charge in [-0.1, -0.05) is 6.07 Å². The quantitative estimate of drug-likeness (QED) is 0.772. The summed E-state index contributed by atoms with van der Waals surface area (Å²) in [7, 11) is 0. The maximum absolute atomic E-state index is 13.3. The van der Waals surface area contributed by atoms with Crippen LogP contribution in [-0.2, 0) is 0 Å². The fourth-order valence-electron chi connectivity index (χ4n) is 1.44. The summed E-state index contributed by atoms with van der Waals surface area (Å²) in [6, 6.07) is 3.89. The molecule has 1 aromatic carbocycles. The summed E-state index contributed by atoms with van der Waals surface area (Å²) >= 11 is 0. The molecule has 0 spiro atoms. The van der Waals surface area contributed by atoms with E-state index in [0.717, 1.165) is 30.5 Å². The minimum Gasteiger partial charge on any atom is -0.507 e. The van der Waals surface area contributed by atoms with Crippen LogP contribution >= 0.6 is 0 Å². The lowest BCUT2D eigenvalue weighted by atomic mass is 10.2. The summed E-state index contributed by atoms with van der Waals surface area (Å²) in [4.78, 5) is 24.8. The van der Waals surface area contributed by atoms with Gasteiger partial charge in [0, 0.05) is 12.3 Å². The van der Waals surface area contributed by atoms with Crippen molar-refractivity contribution < 1.29 is 18.7 Å². The molecule has 1 aromatic heterocycles. The molecule has 1 amide bonds. The zero-order valence-electron chi connectivity index (χ0n) is 9.41. The monoisotopic (exact) mass is 266 g/mol. The van der Waals surface area contributed by atoms with E-state index in [1.54, 1.807) is 0 Å². The Balaban J connectivity index is 2.34. The lowest BCUT2D eigenvalue weighted by molar-refractivity contribution is 0.102. The zero-order valence-corrected chi connectivity index (χ0v) is 9.41. The number of hydrogen-bond donors (Lipinski definition) is 3. The van der Waals surface area contributed by atoms with Crippen LogP contribution in [0.2, 0.25) is 0 Å². The van der Waals surface area contributed by atoms with Gasteiger partial charge in [0.2, 0.25) is 0 Å². The molecule has 19 heavy (non-hydrogen) atoms. The fourth-order valence-corrected chi connectivity index (χ4v) is 1.44. The Morgan fingerprint density at radius 1 is 1.26 bits per heavy atom. The van der Waals surface area contributed by atoms with Crippen molar-refractivity contribution in [2.24, 2.45) is 0 Å². The van der Waals surface area contributed by atoms with E-state index in [2.05, 4.69) is 4.98 Å². The summed E-state index contributed by atoms with van der Waals surface area (Å²) in [5.41, 5.74) is -1.54. The molecule has 0 fully saturated rings. The van der Waals surface area contributed by atoms with Crippen molar-refractivity contribution in [3.63, 3.8) is 0 Å². The molecule has 2 aromatic rings. The number of H-pyrrole nitrogens is 1. The van der Waals surface area contributed by atoms with E-state index >= 15 is 0 Å². The molecule has 3 N–H and O–H groups in total. The molecule has 0 bridgehead atoms. The molecule has 7 heteroatoms. The van der Waals surface area contributed by atoms with Gasteiger partial charge < -0.3 is 15.4 Å². The Bertz CT molecular complexity index is 677. The Kier molecular flexibility index (Phi) is 3.28. The number of pyridine rings is 1. The number of para-hydroxylation sites is 1. The number of aromatic amines is 1. The standard InChI is InChI=1S/C12H8F2N2O3/c13-7-2-1-3-8(14)11(7)16-12(19)6-5-15-10(18)4-9(6)17/h1-5H,(H,16,19)(H2,15,17,18). The van der Waals surface area contributed by atoms with Crippen molar-refractivity contribution in [3.05, 3.63) is 58.0 Å². The van der Waals surface area contributed by atoms with Gasteiger partial charge in [-0.15, -0.1) is 0 Å². The largest absolute Gasteiger partial charge is 0.507 e. The zero-order chi connectivity index (χ0) is 14.0. The average Bonchev–Trinajstić information content (AvgIpc) is 2.33. The van der Waals surface area contributed by atoms with Crippen LogP contribution in [0.4, 0.5) is 14.5 Å². The van der Waals surface area contributed by atoms with E-state index < -0.39 is 34.5 Å². The fraction of sp³-hybridized carbons (Fsp3) is 0. The maximum atomic E-state index is 13.3. The van der Waals surface area contributed by atoms with E-state index in [0.29, 0.717) is 0 Å². The van der Waals surface area contributed by atoms with Crippen LogP contribution in [-0.4, -0.2) is 16.0 Å². The maximum Gasteiger partial charge on any atom is 0.261 e. The molecule has 0 saturated carbocycles. The predicted octanol–water partition coefficient (Wildman–Crippen LogP) is 1.61. The molecule has 0 unspecified atom stereocenters. The van der Waals surface area contributed by atoms with Gasteiger partial charge in [0.05, 0.1) is 5.56 Å². The Morgan fingerprint density at radius 3 is 2.47 bits per heavy atom. The van der Waals surface area contributed by atoms with Gasteiger partial charge in [-0.3, -0.25) is 9.59 Å². The van der Waals surface area contributed by atoms with Crippen molar-refractivity contribution in [1.29, 1.82) is 0 Å². The molecule has 0 atom stereocenters. The molecule has 2 rings (SSSR count). The van der Waals surface area contributed by atoms with E-state index in [9.17, 15) is 23.5 Å². The summed E-state index contributed by atoms with van der Waals surface area (Å²) in [5, 5.41) is 11.4. The highest BCUT2D eigenvalue weighted by molar-refractivity contribution is 6.05. The highest BCUT2D eigenvalue weighted by atomic mass is 19.1. The van der Waals surface area contributed by atoms with Gasteiger partial charge in [0.15, 0.2) is 0 Å². The lowest BCUT2D eigenvalue weighted by Gasteiger charge is -2.08. The minimum absolute atomic E-state index is 0.303. The highest BCUT2D eigenvalue weighted by Gasteiger charge is 2.16. The molecule has 0 saturated heterocycles. The first-order valence-corrected chi connectivity index (χ1v) is 5.16. The number of carbonyl (C=O) groups excluding carboxylic acids is 1. The van der Waals surface area contributed by atoms with Gasteiger partial charge in [-0.25, -0.2) is 8.78 Å². The van der Waals surface area contributed by atoms with Gasteiger partial charge in [-0.05, 0) is 12.1 Å².